The highest BCUT2D eigenvalue weighted by Crippen LogP contribution is 2.40. The van der Waals surface area contributed by atoms with Crippen LogP contribution in [-0.4, -0.2) is 51.3 Å². The first-order valence-electron chi connectivity index (χ1n) is 10.5. The molecule has 0 saturated carbocycles. The Morgan fingerprint density at radius 2 is 1.94 bits per heavy atom. The lowest BCUT2D eigenvalue weighted by Gasteiger charge is -2.44. The van der Waals surface area contributed by atoms with Crippen molar-refractivity contribution in [3.63, 3.8) is 0 Å². The fraction of sp³-hybridized carbons (Fsp3) is 0.364. The number of hydrogen-bond donors (Lipinski definition) is 1. The van der Waals surface area contributed by atoms with Crippen molar-refractivity contribution >= 4 is 20.7 Å². The van der Waals surface area contributed by atoms with Gasteiger partial charge in [0.15, 0.2) is 5.65 Å². The monoisotopic (exact) mass is 437 g/mol. The Bertz CT molecular complexity index is 1320. The minimum atomic E-state index is -2.99. The third-order valence-corrected chi connectivity index (χ3v) is 9.97. The van der Waals surface area contributed by atoms with E-state index in [4.69, 9.17) is 9.97 Å². The zero-order valence-electron chi connectivity index (χ0n) is 18.0. The minimum Gasteiger partial charge on any atom is -0.350 e. The minimum absolute atomic E-state index is 0.253. The second-order valence-electron chi connectivity index (χ2n) is 8.77. The van der Waals surface area contributed by atoms with Gasteiger partial charge in [-0.15, -0.1) is 0 Å². The fourth-order valence-corrected chi connectivity index (χ4v) is 6.45. The number of hydrogen-bond acceptors (Lipinski definition) is 6. The molecule has 0 amide bonds. The SMILES string of the molecule is CC(C)c1cnn2c(NCc3ccccc3-n3cccn3)nc(S3(C)(=O)CCC3)nc12. The highest BCUT2D eigenvalue weighted by molar-refractivity contribution is 8.20. The summed E-state index contributed by atoms with van der Waals surface area (Å²) in [5.41, 5.74) is 3.81. The van der Waals surface area contributed by atoms with Crippen molar-refractivity contribution < 1.29 is 4.21 Å². The molecule has 4 aromatic rings. The van der Waals surface area contributed by atoms with E-state index in [-0.39, 0.29) is 5.92 Å². The topological polar surface area (TPSA) is 90.0 Å². The molecule has 31 heavy (non-hydrogen) atoms. The second kappa shape index (κ2) is 6.98. The predicted molar refractivity (Wildman–Crippen MR) is 122 cm³/mol. The lowest BCUT2D eigenvalue weighted by atomic mass is 10.1. The zero-order chi connectivity index (χ0) is 21.7. The van der Waals surface area contributed by atoms with Gasteiger partial charge >= 0.3 is 0 Å². The van der Waals surface area contributed by atoms with Gasteiger partial charge in [-0.1, -0.05) is 32.0 Å². The summed E-state index contributed by atoms with van der Waals surface area (Å²) in [5, 5.41) is 12.8. The van der Waals surface area contributed by atoms with Crippen molar-refractivity contribution in [2.24, 2.45) is 0 Å². The molecule has 9 heteroatoms. The number of nitrogens with one attached hydrogen (secondary N) is 1. The van der Waals surface area contributed by atoms with Crippen LogP contribution >= 0.6 is 0 Å². The first-order chi connectivity index (χ1) is 14.8. The van der Waals surface area contributed by atoms with Crippen molar-refractivity contribution in [3.05, 3.63) is 60.0 Å². The summed E-state index contributed by atoms with van der Waals surface area (Å²) in [6, 6.07) is 9.98. The molecule has 1 aliphatic rings. The Balaban J connectivity index is 1.57. The van der Waals surface area contributed by atoms with Crippen LogP contribution in [0.4, 0.5) is 5.95 Å². The van der Waals surface area contributed by atoms with Crippen molar-refractivity contribution in [1.82, 2.24) is 29.4 Å². The van der Waals surface area contributed by atoms with Crippen molar-refractivity contribution in [2.75, 3.05) is 23.1 Å². The number of para-hydroxylation sites is 1. The van der Waals surface area contributed by atoms with E-state index in [0.717, 1.165) is 28.9 Å². The van der Waals surface area contributed by atoms with Gasteiger partial charge in [0, 0.05) is 36.0 Å². The van der Waals surface area contributed by atoms with Crippen LogP contribution in [0.3, 0.4) is 0 Å². The molecule has 5 rings (SSSR count). The van der Waals surface area contributed by atoms with Gasteiger partial charge in [0.05, 0.1) is 11.9 Å². The normalized spacial score (nSPS) is 18.4. The van der Waals surface area contributed by atoms with Crippen molar-refractivity contribution in [1.29, 1.82) is 0 Å². The molecule has 1 saturated heterocycles. The third-order valence-electron chi connectivity index (χ3n) is 6.05. The number of anilines is 1. The van der Waals surface area contributed by atoms with E-state index in [1.165, 1.54) is 0 Å². The second-order valence-corrected chi connectivity index (χ2v) is 13.5. The lowest BCUT2D eigenvalue weighted by molar-refractivity contribution is 0.628. The van der Waals surface area contributed by atoms with E-state index < -0.39 is 9.07 Å². The van der Waals surface area contributed by atoms with E-state index >= 15 is 0 Å². The highest BCUT2D eigenvalue weighted by Gasteiger charge is 2.44. The summed E-state index contributed by atoms with van der Waals surface area (Å²) in [6.45, 7) is 4.74. The molecular formula is C22H27N7OS. The predicted octanol–water partition coefficient (Wildman–Crippen LogP) is 3.26. The first-order valence-corrected chi connectivity index (χ1v) is 13.2. The number of nitrogens with zero attached hydrogens (tertiary/aromatic N) is 6. The number of rotatable bonds is 6. The highest BCUT2D eigenvalue weighted by atomic mass is 32.3. The van der Waals surface area contributed by atoms with Crippen LogP contribution in [0, 0.1) is 0 Å². The molecule has 1 aromatic carbocycles. The van der Waals surface area contributed by atoms with Crippen LogP contribution in [0.1, 0.15) is 37.3 Å². The van der Waals surface area contributed by atoms with E-state index in [0.29, 0.717) is 29.2 Å². The van der Waals surface area contributed by atoms with Crippen LogP contribution in [-0.2, 0) is 15.6 Å². The number of benzene rings is 1. The molecule has 0 spiro atoms. The summed E-state index contributed by atoms with van der Waals surface area (Å²) in [4.78, 5) is 9.50. The van der Waals surface area contributed by atoms with Crippen LogP contribution < -0.4 is 5.32 Å². The van der Waals surface area contributed by atoms with Gasteiger partial charge in [-0.2, -0.15) is 19.7 Å². The van der Waals surface area contributed by atoms with Gasteiger partial charge < -0.3 is 5.32 Å². The largest absolute Gasteiger partial charge is 0.350 e. The maximum Gasteiger partial charge on any atom is 0.228 e. The van der Waals surface area contributed by atoms with E-state index in [1.54, 1.807) is 10.7 Å². The van der Waals surface area contributed by atoms with Gasteiger partial charge in [-0.3, -0.25) is 4.21 Å². The molecule has 162 valence electrons. The molecule has 3 aromatic heterocycles. The summed E-state index contributed by atoms with van der Waals surface area (Å²) in [7, 11) is -2.99. The molecule has 1 N–H and O–H groups in total. The smallest absolute Gasteiger partial charge is 0.228 e. The Kier molecular flexibility index (Phi) is 4.47. The number of aromatic nitrogens is 6. The fourth-order valence-electron chi connectivity index (χ4n) is 4.00. The summed E-state index contributed by atoms with van der Waals surface area (Å²) >= 11 is 0. The van der Waals surface area contributed by atoms with Gasteiger partial charge in [0.1, 0.15) is 0 Å². The van der Waals surface area contributed by atoms with Gasteiger partial charge in [0.25, 0.3) is 0 Å². The summed E-state index contributed by atoms with van der Waals surface area (Å²) in [5.74, 6) is 2.12. The van der Waals surface area contributed by atoms with Gasteiger partial charge in [0.2, 0.25) is 11.1 Å². The summed E-state index contributed by atoms with van der Waals surface area (Å²) in [6.07, 6.45) is 8.31. The van der Waals surface area contributed by atoms with E-state index in [2.05, 4.69) is 35.4 Å². The van der Waals surface area contributed by atoms with Crippen molar-refractivity contribution in [3.8, 4) is 5.69 Å². The molecule has 4 heterocycles. The maximum atomic E-state index is 13.7. The quantitative estimate of drug-likeness (QED) is 0.498. The van der Waals surface area contributed by atoms with Crippen LogP contribution in [0.25, 0.3) is 11.3 Å². The van der Waals surface area contributed by atoms with E-state index in [1.807, 2.05) is 47.6 Å². The number of fused-ring (bicyclic) bond motifs is 1. The Morgan fingerprint density at radius 1 is 1.13 bits per heavy atom. The molecule has 0 radical (unpaired) electrons. The van der Waals surface area contributed by atoms with Gasteiger partial charge in [-0.05, 0) is 45.4 Å². The summed E-state index contributed by atoms with van der Waals surface area (Å²) < 4.78 is 17.3. The standard InChI is InChI=1S/C22H27N7OS/c1-16(2)18-15-25-29-20(18)26-22(31(3,30)12-7-13-31)27-21(29)23-14-17-8-4-5-9-19(17)28-11-6-10-24-28/h4-6,8-11,15-16H,7,12-14H2,1-3H3,(H,23,26,27). The molecule has 1 aliphatic heterocycles. The molecule has 0 atom stereocenters. The van der Waals surface area contributed by atoms with Crippen LogP contribution in [0.5, 0.6) is 0 Å². The third kappa shape index (κ3) is 3.33. The van der Waals surface area contributed by atoms with Crippen molar-refractivity contribution in [2.45, 2.75) is 37.9 Å². The molecule has 8 nitrogen and oxygen atoms in total. The molecule has 1 fully saturated rings. The zero-order valence-corrected chi connectivity index (χ0v) is 18.8. The molecule has 0 unspecified atom stereocenters. The van der Waals surface area contributed by atoms with Crippen LogP contribution in [0.2, 0.25) is 0 Å². The van der Waals surface area contributed by atoms with E-state index in [9.17, 15) is 4.21 Å². The average molecular weight is 438 g/mol. The molecule has 0 bridgehead atoms. The van der Waals surface area contributed by atoms with Gasteiger partial charge in [-0.25, -0.2) is 9.67 Å². The molecule has 0 aliphatic carbocycles. The molecular weight excluding hydrogens is 410 g/mol. The Morgan fingerprint density at radius 3 is 2.61 bits per heavy atom. The first kappa shape index (κ1) is 19.9. The Labute approximate surface area is 181 Å². The average Bonchev–Trinajstić information content (AvgIpc) is 3.41. The van der Waals surface area contributed by atoms with Crippen LogP contribution in [0.15, 0.2) is 54.1 Å². The lowest BCUT2D eigenvalue weighted by Crippen LogP contribution is -2.49. The maximum absolute atomic E-state index is 13.7. The Hall–Kier alpha value is -3.07.